The number of pyridine rings is 1. The number of carbonyl (C=O) groups is 1. The van der Waals surface area contributed by atoms with Gasteiger partial charge in [-0.1, -0.05) is 0 Å². The molecule has 0 aromatic carbocycles. The Balaban J connectivity index is 2.96. The predicted molar refractivity (Wildman–Crippen MR) is 57.5 cm³/mol. The van der Waals surface area contributed by atoms with Crippen LogP contribution in [0, 0.1) is 0 Å². The van der Waals surface area contributed by atoms with Gasteiger partial charge in [-0.2, -0.15) is 0 Å². The summed E-state index contributed by atoms with van der Waals surface area (Å²) in [6.07, 6.45) is 1.43. The van der Waals surface area contributed by atoms with E-state index in [0.29, 0.717) is 5.69 Å². The van der Waals surface area contributed by atoms with Crippen LogP contribution in [0.25, 0.3) is 0 Å². The van der Waals surface area contributed by atoms with Gasteiger partial charge in [0.15, 0.2) is 5.75 Å². The van der Waals surface area contributed by atoms with Crippen LogP contribution in [-0.4, -0.2) is 28.7 Å². The van der Waals surface area contributed by atoms with Crippen LogP contribution in [0.2, 0.25) is 0 Å². The maximum Gasteiger partial charge on any atom is 0.323 e. The van der Waals surface area contributed by atoms with E-state index in [9.17, 15) is 9.59 Å². The second-order valence-corrected chi connectivity index (χ2v) is 3.79. The van der Waals surface area contributed by atoms with E-state index in [1.165, 1.54) is 26.3 Å². The van der Waals surface area contributed by atoms with Crippen molar-refractivity contribution in [3.05, 3.63) is 28.2 Å². The van der Waals surface area contributed by atoms with Crippen LogP contribution in [-0.2, 0) is 11.2 Å². The monoisotopic (exact) mass is 226 g/mol. The molecule has 0 fully saturated rings. The molecule has 1 unspecified atom stereocenters. The molecule has 0 saturated heterocycles. The minimum absolute atomic E-state index is 0.0432. The minimum atomic E-state index is -1.41. The van der Waals surface area contributed by atoms with E-state index in [1.807, 2.05) is 0 Å². The van der Waals surface area contributed by atoms with Gasteiger partial charge in [-0.15, -0.1) is 0 Å². The predicted octanol–water partition coefficient (Wildman–Crippen LogP) is -0.272. The number of nitrogens with two attached hydrogens (primary N) is 1. The normalized spacial score (nSPS) is 14.2. The molecule has 1 rings (SSSR count). The molecule has 6 nitrogen and oxygen atoms in total. The molecule has 0 spiro atoms. The van der Waals surface area contributed by atoms with Gasteiger partial charge in [-0.05, 0) is 6.92 Å². The third-order valence-electron chi connectivity index (χ3n) is 2.20. The Kier molecular flexibility index (Phi) is 3.34. The molecule has 6 heteroatoms. The zero-order valence-corrected chi connectivity index (χ0v) is 9.11. The summed E-state index contributed by atoms with van der Waals surface area (Å²) in [5.74, 6) is -0.943. The first-order valence-corrected chi connectivity index (χ1v) is 4.64. The van der Waals surface area contributed by atoms with Gasteiger partial charge >= 0.3 is 5.97 Å². The number of aliphatic carboxylic acids is 1. The first-order chi connectivity index (χ1) is 7.36. The van der Waals surface area contributed by atoms with Gasteiger partial charge in [0.25, 0.3) is 0 Å². The highest BCUT2D eigenvalue weighted by Gasteiger charge is 2.28. The lowest BCUT2D eigenvalue weighted by molar-refractivity contribution is -0.142. The average molecular weight is 226 g/mol. The van der Waals surface area contributed by atoms with E-state index in [1.54, 1.807) is 0 Å². The summed E-state index contributed by atoms with van der Waals surface area (Å²) in [7, 11) is 1.38. The van der Waals surface area contributed by atoms with Crippen molar-refractivity contribution in [2.24, 2.45) is 5.73 Å². The number of ether oxygens (including phenoxy) is 1. The smallest absolute Gasteiger partial charge is 0.323 e. The van der Waals surface area contributed by atoms with Crippen molar-refractivity contribution in [3.63, 3.8) is 0 Å². The maximum absolute atomic E-state index is 11.4. The molecular weight excluding hydrogens is 212 g/mol. The molecule has 0 aliphatic rings. The average Bonchev–Trinajstić information content (AvgIpc) is 2.17. The quantitative estimate of drug-likeness (QED) is 0.655. The molecule has 0 aliphatic carbocycles. The highest BCUT2D eigenvalue weighted by atomic mass is 16.5. The van der Waals surface area contributed by atoms with E-state index >= 15 is 0 Å². The molecule has 16 heavy (non-hydrogen) atoms. The third kappa shape index (κ3) is 2.60. The first-order valence-electron chi connectivity index (χ1n) is 4.64. The molecule has 4 N–H and O–H groups in total. The van der Waals surface area contributed by atoms with E-state index < -0.39 is 11.5 Å². The van der Waals surface area contributed by atoms with Crippen LogP contribution < -0.4 is 15.9 Å². The van der Waals surface area contributed by atoms with Crippen molar-refractivity contribution in [3.8, 4) is 5.75 Å². The van der Waals surface area contributed by atoms with Crippen molar-refractivity contribution in [1.29, 1.82) is 0 Å². The Morgan fingerprint density at radius 1 is 1.69 bits per heavy atom. The molecule has 1 aromatic rings. The molecule has 0 radical (unpaired) electrons. The summed E-state index contributed by atoms with van der Waals surface area (Å²) in [5.41, 5.74) is 4.30. The summed E-state index contributed by atoms with van der Waals surface area (Å²) in [5, 5.41) is 8.83. The number of carboxylic acids is 1. The van der Waals surface area contributed by atoms with E-state index in [0.717, 1.165) is 0 Å². The summed E-state index contributed by atoms with van der Waals surface area (Å²) in [4.78, 5) is 25.0. The van der Waals surface area contributed by atoms with Crippen LogP contribution >= 0.6 is 0 Å². The minimum Gasteiger partial charge on any atom is -0.491 e. The van der Waals surface area contributed by atoms with E-state index in [2.05, 4.69) is 4.98 Å². The standard InChI is InChI=1S/C10H14N2O4/c1-10(11,9(14)15)4-6-3-7(13)8(16-2)5-12-6/h3,5H,4,11H2,1-2H3,(H,12,13)(H,14,15). The van der Waals surface area contributed by atoms with E-state index in [-0.39, 0.29) is 17.6 Å². The lowest BCUT2D eigenvalue weighted by Crippen LogP contribution is -2.47. The number of hydrogen-bond acceptors (Lipinski definition) is 4. The highest BCUT2D eigenvalue weighted by Crippen LogP contribution is 2.09. The molecule has 0 amide bonds. The number of carboxylic acid groups (broad SMARTS) is 1. The van der Waals surface area contributed by atoms with Gasteiger partial charge in [-0.3, -0.25) is 9.59 Å². The van der Waals surface area contributed by atoms with Gasteiger partial charge in [0.05, 0.1) is 7.11 Å². The Morgan fingerprint density at radius 3 is 2.75 bits per heavy atom. The van der Waals surface area contributed by atoms with Crippen molar-refractivity contribution >= 4 is 5.97 Å². The van der Waals surface area contributed by atoms with Crippen molar-refractivity contribution in [2.75, 3.05) is 7.11 Å². The Hall–Kier alpha value is -1.82. The van der Waals surface area contributed by atoms with Gasteiger partial charge in [-0.25, -0.2) is 0 Å². The first kappa shape index (κ1) is 12.3. The second kappa shape index (κ2) is 4.36. The molecule has 1 heterocycles. The van der Waals surface area contributed by atoms with Gasteiger partial charge < -0.3 is 20.6 Å². The number of H-pyrrole nitrogens is 1. The SMILES string of the molecule is COc1c[nH]c(CC(C)(N)C(=O)O)cc1=O. The number of nitrogens with one attached hydrogen (secondary N) is 1. The Morgan fingerprint density at radius 2 is 2.31 bits per heavy atom. The lowest BCUT2D eigenvalue weighted by atomic mass is 9.97. The topological polar surface area (TPSA) is 105 Å². The number of hydrogen-bond donors (Lipinski definition) is 3. The molecule has 1 aromatic heterocycles. The number of aromatic amines is 1. The molecule has 0 bridgehead atoms. The summed E-state index contributed by atoms with van der Waals surface area (Å²) in [6.45, 7) is 1.39. The van der Waals surface area contributed by atoms with Crippen LogP contribution in [0.4, 0.5) is 0 Å². The van der Waals surface area contributed by atoms with Crippen LogP contribution in [0.5, 0.6) is 5.75 Å². The number of rotatable bonds is 4. The second-order valence-electron chi connectivity index (χ2n) is 3.79. The summed E-state index contributed by atoms with van der Waals surface area (Å²) < 4.78 is 4.79. The van der Waals surface area contributed by atoms with E-state index in [4.69, 9.17) is 15.6 Å². The zero-order valence-electron chi connectivity index (χ0n) is 9.11. The van der Waals surface area contributed by atoms with Crippen molar-refractivity contribution in [2.45, 2.75) is 18.9 Å². The van der Waals surface area contributed by atoms with Gasteiger partial charge in [0.1, 0.15) is 5.54 Å². The molecule has 0 saturated carbocycles. The number of methoxy groups -OCH3 is 1. The van der Waals surface area contributed by atoms with Crippen LogP contribution in [0.3, 0.4) is 0 Å². The third-order valence-corrected chi connectivity index (χ3v) is 2.20. The van der Waals surface area contributed by atoms with Crippen LogP contribution in [0.15, 0.2) is 17.1 Å². The largest absolute Gasteiger partial charge is 0.491 e. The summed E-state index contributed by atoms with van der Waals surface area (Å²) in [6, 6.07) is 1.28. The fraction of sp³-hybridized carbons (Fsp3) is 0.400. The Labute approximate surface area is 92.0 Å². The zero-order chi connectivity index (χ0) is 12.3. The van der Waals surface area contributed by atoms with Crippen molar-refractivity contribution < 1.29 is 14.6 Å². The molecular formula is C10H14N2O4. The maximum atomic E-state index is 11.4. The summed E-state index contributed by atoms with van der Waals surface area (Å²) >= 11 is 0. The van der Waals surface area contributed by atoms with Crippen LogP contribution in [0.1, 0.15) is 12.6 Å². The lowest BCUT2D eigenvalue weighted by Gasteiger charge is -2.18. The van der Waals surface area contributed by atoms with Gasteiger partial charge in [0, 0.05) is 24.4 Å². The molecule has 0 aliphatic heterocycles. The molecule has 88 valence electrons. The fourth-order valence-corrected chi connectivity index (χ4v) is 1.23. The number of aromatic nitrogens is 1. The fourth-order valence-electron chi connectivity index (χ4n) is 1.23. The molecule has 1 atom stereocenters. The van der Waals surface area contributed by atoms with Gasteiger partial charge in [0.2, 0.25) is 5.43 Å². The van der Waals surface area contributed by atoms with Crippen molar-refractivity contribution in [1.82, 2.24) is 4.98 Å². The Bertz CT molecular complexity index is 450. The highest BCUT2D eigenvalue weighted by molar-refractivity contribution is 5.78.